The SMILES string of the molecule is CC(C)Cc1csc(=Nc2ccc([N+](=O)[O-])c3ccccc23)n1CC(C)C. The molecular formula is C21H25N3O2S. The molecule has 0 spiro atoms. The van der Waals surface area contributed by atoms with Crippen LogP contribution in [0.4, 0.5) is 11.4 Å². The van der Waals surface area contributed by atoms with Crippen molar-refractivity contribution in [1.29, 1.82) is 0 Å². The van der Waals surface area contributed by atoms with E-state index in [9.17, 15) is 10.1 Å². The number of rotatable bonds is 6. The van der Waals surface area contributed by atoms with Crippen LogP contribution in [0.2, 0.25) is 0 Å². The Morgan fingerprint density at radius 1 is 1.07 bits per heavy atom. The maximum Gasteiger partial charge on any atom is 0.277 e. The summed E-state index contributed by atoms with van der Waals surface area (Å²) >= 11 is 1.64. The van der Waals surface area contributed by atoms with Crippen molar-refractivity contribution in [2.45, 2.75) is 40.7 Å². The quantitative estimate of drug-likeness (QED) is 0.405. The van der Waals surface area contributed by atoms with E-state index in [0.717, 1.165) is 28.8 Å². The molecule has 0 radical (unpaired) electrons. The van der Waals surface area contributed by atoms with Crippen molar-refractivity contribution >= 4 is 33.5 Å². The van der Waals surface area contributed by atoms with Crippen LogP contribution in [0, 0.1) is 22.0 Å². The van der Waals surface area contributed by atoms with Crippen molar-refractivity contribution in [3.05, 3.63) is 62.4 Å². The van der Waals surface area contributed by atoms with E-state index in [4.69, 9.17) is 4.99 Å². The van der Waals surface area contributed by atoms with Crippen LogP contribution in [0.15, 0.2) is 46.8 Å². The number of non-ortho nitro benzene ring substituents is 1. The summed E-state index contributed by atoms with van der Waals surface area (Å²) in [5.74, 6) is 1.09. The van der Waals surface area contributed by atoms with Gasteiger partial charge in [0.1, 0.15) is 0 Å². The Balaban J connectivity index is 2.19. The Morgan fingerprint density at radius 3 is 2.41 bits per heavy atom. The minimum Gasteiger partial charge on any atom is -0.321 e. The first kappa shape index (κ1) is 19.3. The lowest BCUT2D eigenvalue weighted by Crippen LogP contribution is -2.21. The topological polar surface area (TPSA) is 60.4 Å². The molecule has 0 saturated carbocycles. The van der Waals surface area contributed by atoms with Gasteiger partial charge in [0.25, 0.3) is 5.69 Å². The molecule has 0 saturated heterocycles. The van der Waals surface area contributed by atoms with E-state index in [0.29, 0.717) is 17.2 Å². The lowest BCUT2D eigenvalue weighted by atomic mass is 10.1. The van der Waals surface area contributed by atoms with Crippen LogP contribution in [0.3, 0.4) is 0 Å². The first-order valence-electron chi connectivity index (χ1n) is 9.25. The minimum absolute atomic E-state index is 0.117. The van der Waals surface area contributed by atoms with E-state index in [2.05, 4.69) is 37.6 Å². The highest BCUT2D eigenvalue weighted by atomic mass is 32.1. The fourth-order valence-electron chi connectivity index (χ4n) is 3.22. The predicted molar refractivity (Wildman–Crippen MR) is 112 cm³/mol. The van der Waals surface area contributed by atoms with Crippen molar-refractivity contribution in [3.8, 4) is 0 Å². The van der Waals surface area contributed by atoms with E-state index >= 15 is 0 Å². The fraction of sp³-hybridized carbons (Fsp3) is 0.381. The van der Waals surface area contributed by atoms with Gasteiger partial charge in [-0.1, -0.05) is 45.9 Å². The molecule has 27 heavy (non-hydrogen) atoms. The number of benzene rings is 2. The third kappa shape index (κ3) is 4.27. The van der Waals surface area contributed by atoms with E-state index in [1.807, 2.05) is 18.2 Å². The molecule has 0 aliphatic carbocycles. The molecule has 6 heteroatoms. The molecule has 0 atom stereocenters. The van der Waals surface area contributed by atoms with Crippen molar-refractivity contribution in [3.63, 3.8) is 0 Å². The summed E-state index contributed by atoms with van der Waals surface area (Å²) in [5, 5.41) is 15.0. The highest BCUT2D eigenvalue weighted by molar-refractivity contribution is 7.07. The number of nitrogens with zero attached hydrogens (tertiary/aromatic N) is 3. The van der Waals surface area contributed by atoms with Gasteiger partial charge in [0, 0.05) is 29.1 Å². The van der Waals surface area contributed by atoms with Gasteiger partial charge in [0.05, 0.1) is 16.0 Å². The Labute approximate surface area is 163 Å². The molecule has 142 valence electrons. The molecule has 3 rings (SSSR count). The molecule has 1 heterocycles. The lowest BCUT2D eigenvalue weighted by Gasteiger charge is -2.13. The van der Waals surface area contributed by atoms with Gasteiger partial charge >= 0.3 is 0 Å². The van der Waals surface area contributed by atoms with Gasteiger partial charge in [0.15, 0.2) is 4.80 Å². The van der Waals surface area contributed by atoms with Gasteiger partial charge in [0.2, 0.25) is 0 Å². The first-order chi connectivity index (χ1) is 12.9. The van der Waals surface area contributed by atoms with Gasteiger partial charge in [-0.25, -0.2) is 4.99 Å². The van der Waals surface area contributed by atoms with Crippen LogP contribution in [0.25, 0.3) is 10.8 Å². The molecule has 1 aromatic heterocycles. The number of thiazole rings is 1. The van der Waals surface area contributed by atoms with Crippen LogP contribution < -0.4 is 4.80 Å². The number of nitro groups is 1. The van der Waals surface area contributed by atoms with E-state index in [1.54, 1.807) is 29.5 Å². The van der Waals surface area contributed by atoms with Gasteiger partial charge in [-0.15, -0.1) is 11.3 Å². The standard InChI is InChI=1S/C21H25N3O2S/c1-14(2)11-16-13-27-21(23(16)12-15(3)4)22-19-9-10-20(24(25)26)18-8-6-5-7-17(18)19/h5-10,13-15H,11-12H2,1-4H3. The van der Waals surface area contributed by atoms with E-state index in [-0.39, 0.29) is 10.6 Å². The second-order valence-electron chi connectivity index (χ2n) is 7.63. The summed E-state index contributed by atoms with van der Waals surface area (Å²) in [6.45, 7) is 9.76. The van der Waals surface area contributed by atoms with Crippen molar-refractivity contribution in [2.75, 3.05) is 0 Å². The van der Waals surface area contributed by atoms with Crippen LogP contribution in [0.5, 0.6) is 0 Å². The molecule has 3 aromatic rings. The highest BCUT2D eigenvalue weighted by Gasteiger charge is 2.14. The van der Waals surface area contributed by atoms with Gasteiger partial charge in [-0.05, 0) is 30.4 Å². The van der Waals surface area contributed by atoms with Gasteiger partial charge in [-0.3, -0.25) is 10.1 Å². The molecule has 0 fully saturated rings. The number of aromatic nitrogens is 1. The summed E-state index contributed by atoms with van der Waals surface area (Å²) in [7, 11) is 0. The van der Waals surface area contributed by atoms with Gasteiger partial charge in [-0.2, -0.15) is 0 Å². The minimum atomic E-state index is -0.336. The second-order valence-corrected chi connectivity index (χ2v) is 8.47. The third-order valence-corrected chi connectivity index (χ3v) is 5.25. The molecule has 0 N–H and O–H groups in total. The molecule has 2 aromatic carbocycles. The van der Waals surface area contributed by atoms with E-state index < -0.39 is 0 Å². The van der Waals surface area contributed by atoms with Gasteiger partial charge < -0.3 is 4.57 Å². The van der Waals surface area contributed by atoms with Crippen LogP contribution in [-0.2, 0) is 13.0 Å². The van der Waals surface area contributed by atoms with Crippen LogP contribution in [-0.4, -0.2) is 9.49 Å². The van der Waals surface area contributed by atoms with Crippen LogP contribution >= 0.6 is 11.3 Å². The maximum atomic E-state index is 11.3. The van der Waals surface area contributed by atoms with Crippen molar-refractivity contribution in [1.82, 2.24) is 4.57 Å². The summed E-state index contributed by atoms with van der Waals surface area (Å²) in [6.07, 6.45) is 1.01. The summed E-state index contributed by atoms with van der Waals surface area (Å²) in [6, 6.07) is 10.7. The monoisotopic (exact) mass is 383 g/mol. The smallest absolute Gasteiger partial charge is 0.277 e. The second kappa shape index (κ2) is 8.05. The molecule has 0 bridgehead atoms. The normalized spacial score (nSPS) is 12.4. The summed E-state index contributed by atoms with van der Waals surface area (Å²) in [4.78, 5) is 16.9. The number of hydrogen-bond donors (Lipinski definition) is 0. The van der Waals surface area contributed by atoms with Crippen molar-refractivity contribution in [2.24, 2.45) is 16.8 Å². The largest absolute Gasteiger partial charge is 0.321 e. The Hall–Kier alpha value is -2.47. The number of fused-ring (bicyclic) bond motifs is 1. The van der Waals surface area contributed by atoms with E-state index in [1.165, 1.54) is 5.69 Å². The Bertz CT molecular complexity index is 1030. The molecule has 0 unspecified atom stereocenters. The Morgan fingerprint density at radius 2 is 1.78 bits per heavy atom. The number of nitro benzene ring substituents is 1. The lowest BCUT2D eigenvalue weighted by molar-refractivity contribution is -0.383. The predicted octanol–water partition coefficient (Wildman–Crippen LogP) is 5.70. The Kier molecular flexibility index (Phi) is 5.75. The average Bonchev–Trinajstić information content (AvgIpc) is 2.95. The van der Waals surface area contributed by atoms with Crippen LogP contribution in [0.1, 0.15) is 33.4 Å². The summed E-state index contributed by atoms with van der Waals surface area (Å²) in [5.41, 5.74) is 2.19. The molecular weight excluding hydrogens is 358 g/mol. The zero-order valence-corrected chi connectivity index (χ0v) is 17.0. The fourth-order valence-corrected chi connectivity index (χ4v) is 4.16. The summed E-state index contributed by atoms with van der Waals surface area (Å²) < 4.78 is 2.30. The molecule has 5 nitrogen and oxygen atoms in total. The average molecular weight is 384 g/mol. The highest BCUT2D eigenvalue weighted by Crippen LogP contribution is 2.32. The zero-order valence-electron chi connectivity index (χ0n) is 16.2. The third-order valence-electron chi connectivity index (χ3n) is 4.33. The molecule has 0 aliphatic heterocycles. The molecule has 0 amide bonds. The number of hydrogen-bond acceptors (Lipinski definition) is 4. The first-order valence-corrected chi connectivity index (χ1v) is 10.1. The zero-order chi connectivity index (χ0) is 19.6. The van der Waals surface area contributed by atoms with Crippen molar-refractivity contribution < 1.29 is 4.92 Å². The molecule has 0 aliphatic rings. The maximum absolute atomic E-state index is 11.3.